The predicted molar refractivity (Wildman–Crippen MR) is 50.2 cm³/mol. The van der Waals surface area contributed by atoms with E-state index in [9.17, 15) is 18.0 Å². The number of carboxylic acids is 1. The van der Waals surface area contributed by atoms with Crippen LogP contribution in [0.5, 0.6) is 5.75 Å². The molecule has 0 spiro atoms. The van der Waals surface area contributed by atoms with Gasteiger partial charge in [0.25, 0.3) is 0 Å². The second-order valence-corrected chi connectivity index (χ2v) is 2.94. The van der Waals surface area contributed by atoms with Crippen LogP contribution in [-0.4, -0.2) is 22.4 Å². The van der Waals surface area contributed by atoms with Gasteiger partial charge in [-0.25, -0.2) is 9.78 Å². The molecule has 6 nitrogen and oxygen atoms in total. The quantitative estimate of drug-likeness (QED) is 0.729. The van der Waals surface area contributed by atoms with Gasteiger partial charge in [-0.05, 0) is 6.07 Å². The van der Waals surface area contributed by atoms with Crippen molar-refractivity contribution in [3.8, 4) is 5.75 Å². The van der Waals surface area contributed by atoms with Crippen molar-refractivity contribution in [3.63, 3.8) is 0 Å². The summed E-state index contributed by atoms with van der Waals surface area (Å²) in [6.07, 6.45) is -4.94. The molecule has 0 aliphatic carbocycles. The van der Waals surface area contributed by atoms with E-state index in [0.717, 1.165) is 6.07 Å². The number of halogens is 3. The van der Waals surface area contributed by atoms with Crippen molar-refractivity contribution >= 4 is 11.8 Å². The molecule has 0 fully saturated rings. The molecule has 0 saturated carbocycles. The molecule has 1 rings (SSSR count). The Bertz CT molecular complexity index is 448. The highest BCUT2D eigenvalue weighted by Gasteiger charge is 2.33. The van der Waals surface area contributed by atoms with Crippen molar-refractivity contribution < 1.29 is 27.8 Å². The normalized spacial score (nSPS) is 11.3. The van der Waals surface area contributed by atoms with E-state index in [2.05, 4.69) is 9.72 Å². The van der Waals surface area contributed by atoms with Gasteiger partial charge in [-0.3, -0.25) is 0 Å². The fraction of sp³-hybridized carbons (Fsp3) is 0.250. The van der Waals surface area contributed by atoms with Crippen LogP contribution in [0.15, 0.2) is 6.07 Å². The molecule has 0 atom stereocenters. The van der Waals surface area contributed by atoms with Crippen LogP contribution >= 0.6 is 0 Å². The zero-order chi connectivity index (χ0) is 13.2. The van der Waals surface area contributed by atoms with Gasteiger partial charge < -0.3 is 21.3 Å². The summed E-state index contributed by atoms with van der Waals surface area (Å²) in [5.74, 6) is -2.88. The lowest BCUT2D eigenvalue weighted by molar-refractivity contribution is -0.274. The van der Waals surface area contributed by atoms with Gasteiger partial charge in [0.05, 0.1) is 0 Å². The van der Waals surface area contributed by atoms with E-state index in [-0.39, 0.29) is 12.1 Å². The van der Waals surface area contributed by atoms with Crippen molar-refractivity contribution in [1.29, 1.82) is 0 Å². The van der Waals surface area contributed by atoms with Crippen LogP contribution in [0.2, 0.25) is 0 Å². The molecule has 5 N–H and O–H groups in total. The second-order valence-electron chi connectivity index (χ2n) is 2.94. The molecular weight excluding hydrogens is 243 g/mol. The summed E-state index contributed by atoms with van der Waals surface area (Å²) in [5, 5.41) is 8.71. The highest BCUT2D eigenvalue weighted by Crippen LogP contribution is 2.28. The fourth-order valence-electron chi connectivity index (χ4n) is 1.10. The molecule has 0 saturated heterocycles. The number of ether oxygens (including phenoxy) is 1. The van der Waals surface area contributed by atoms with E-state index < -0.39 is 29.6 Å². The fourth-order valence-corrected chi connectivity index (χ4v) is 1.10. The van der Waals surface area contributed by atoms with E-state index in [1.165, 1.54) is 0 Å². The summed E-state index contributed by atoms with van der Waals surface area (Å²) in [5.41, 5.74) is 9.73. The lowest BCUT2D eigenvalue weighted by Gasteiger charge is -2.12. The van der Waals surface area contributed by atoms with Gasteiger partial charge in [0.1, 0.15) is 0 Å². The van der Waals surface area contributed by atoms with Gasteiger partial charge in [0, 0.05) is 12.1 Å². The molecule has 1 aromatic rings. The first kappa shape index (κ1) is 13.0. The van der Waals surface area contributed by atoms with E-state index in [1.807, 2.05) is 0 Å². The predicted octanol–water partition coefficient (Wildman–Crippen LogP) is 0.719. The van der Waals surface area contributed by atoms with Crippen molar-refractivity contribution in [3.05, 3.63) is 17.3 Å². The molecule has 1 heterocycles. The maximum atomic E-state index is 12.0. The lowest BCUT2D eigenvalue weighted by Crippen LogP contribution is -2.20. The van der Waals surface area contributed by atoms with Crippen LogP contribution in [0.3, 0.4) is 0 Å². The third kappa shape index (κ3) is 3.21. The third-order valence-corrected chi connectivity index (χ3v) is 1.74. The number of hydrogen-bond donors (Lipinski definition) is 3. The van der Waals surface area contributed by atoms with E-state index >= 15 is 0 Å². The summed E-state index contributed by atoms with van der Waals surface area (Å²) >= 11 is 0. The number of hydrogen-bond acceptors (Lipinski definition) is 5. The number of carbonyl (C=O) groups is 1. The zero-order valence-electron chi connectivity index (χ0n) is 8.28. The Balaban J connectivity index is 3.23. The number of alkyl halides is 3. The van der Waals surface area contributed by atoms with Crippen molar-refractivity contribution in [2.24, 2.45) is 5.73 Å². The van der Waals surface area contributed by atoms with Crippen LogP contribution in [0, 0.1) is 0 Å². The minimum Gasteiger partial charge on any atom is -0.477 e. The first-order valence-electron chi connectivity index (χ1n) is 4.23. The van der Waals surface area contributed by atoms with Crippen molar-refractivity contribution in [1.82, 2.24) is 4.98 Å². The van der Waals surface area contributed by atoms with Gasteiger partial charge in [-0.1, -0.05) is 0 Å². The van der Waals surface area contributed by atoms with Crippen LogP contribution in [0.1, 0.15) is 16.1 Å². The Morgan fingerprint density at radius 1 is 1.53 bits per heavy atom. The van der Waals surface area contributed by atoms with Gasteiger partial charge in [0.2, 0.25) is 0 Å². The first-order chi connectivity index (χ1) is 7.74. The maximum absolute atomic E-state index is 12.0. The standard InChI is InChI=1S/C8H8F3N3O3/c9-8(10,11)17-4-1-3(2-12)5(7(15)16)14-6(4)13/h1H,2,12H2,(H2,13,14)(H,15,16). The van der Waals surface area contributed by atoms with Crippen LogP contribution in [0.4, 0.5) is 19.0 Å². The number of nitrogens with two attached hydrogens (primary N) is 2. The topological polar surface area (TPSA) is 111 Å². The largest absolute Gasteiger partial charge is 0.573 e. The molecule has 0 unspecified atom stereocenters. The minimum atomic E-state index is -4.94. The van der Waals surface area contributed by atoms with Crippen LogP contribution in [0.25, 0.3) is 0 Å². The Kier molecular flexibility index (Phi) is 3.42. The van der Waals surface area contributed by atoms with E-state index in [4.69, 9.17) is 16.6 Å². The average Bonchev–Trinajstić information content (AvgIpc) is 2.18. The van der Waals surface area contributed by atoms with Gasteiger partial charge in [-0.2, -0.15) is 0 Å². The smallest absolute Gasteiger partial charge is 0.477 e. The monoisotopic (exact) mass is 251 g/mol. The SMILES string of the molecule is NCc1cc(OC(F)(F)F)c(N)nc1C(=O)O. The summed E-state index contributed by atoms with van der Waals surface area (Å²) in [4.78, 5) is 14.0. The summed E-state index contributed by atoms with van der Waals surface area (Å²) < 4.78 is 39.5. The Morgan fingerprint density at radius 2 is 2.12 bits per heavy atom. The summed E-state index contributed by atoms with van der Waals surface area (Å²) in [6, 6.07) is 0.805. The molecule has 94 valence electrons. The molecule has 0 amide bonds. The molecule has 17 heavy (non-hydrogen) atoms. The third-order valence-electron chi connectivity index (χ3n) is 1.74. The Morgan fingerprint density at radius 3 is 2.53 bits per heavy atom. The van der Waals surface area contributed by atoms with Gasteiger partial charge in [0.15, 0.2) is 17.3 Å². The van der Waals surface area contributed by atoms with Crippen LogP contribution < -0.4 is 16.2 Å². The number of carboxylic acid groups (broad SMARTS) is 1. The molecule has 0 radical (unpaired) electrons. The zero-order valence-corrected chi connectivity index (χ0v) is 8.28. The molecule has 1 aromatic heterocycles. The van der Waals surface area contributed by atoms with Crippen LogP contribution in [-0.2, 0) is 6.54 Å². The number of nitrogens with zero attached hydrogens (tertiary/aromatic N) is 1. The molecule has 0 aliphatic rings. The Hall–Kier alpha value is -2.03. The number of nitrogen functional groups attached to an aromatic ring is 1. The highest BCUT2D eigenvalue weighted by molar-refractivity contribution is 5.88. The van der Waals surface area contributed by atoms with Crippen molar-refractivity contribution in [2.75, 3.05) is 5.73 Å². The number of pyridine rings is 1. The van der Waals surface area contributed by atoms with Crippen molar-refractivity contribution in [2.45, 2.75) is 12.9 Å². The average molecular weight is 251 g/mol. The summed E-state index contributed by atoms with van der Waals surface area (Å²) in [7, 11) is 0. The number of aromatic carboxylic acids is 1. The number of rotatable bonds is 3. The molecular formula is C8H8F3N3O3. The Labute approximate surface area is 93.0 Å². The molecule has 9 heteroatoms. The van der Waals surface area contributed by atoms with E-state index in [1.54, 1.807) is 0 Å². The number of anilines is 1. The maximum Gasteiger partial charge on any atom is 0.573 e. The second kappa shape index (κ2) is 4.45. The minimum absolute atomic E-state index is 0.106. The van der Waals surface area contributed by atoms with E-state index in [0.29, 0.717) is 0 Å². The lowest BCUT2D eigenvalue weighted by atomic mass is 10.2. The number of aromatic nitrogens is 1. The van der Waals surface area contributed by atoms with Gasteiger partial charge >= 0.3 is 12.3 Å². The summed E-state index contributed by atoms with van der Waals surface area (Å²) in [6.45, 7) is -0.302. The first-order valence-corrected chi connectivity index (χ1v) is 4.23. The molecule has 0 aromatic carbocycles. The molecule has 0 aliphatic heterocycles. The highest BCUT2D eigenvalue weighted by atomic mass is 19.4. The van der Waals surface area contributed by atoms with Gasteiger partial charge in [-0.15, -0.1) is 13.2 Å². The molecule has 0 bridgehead atoms.